The Balaban J connectivity index is 5.05. The molecule has 12 heteroatoms. The Morgan fingerprint density at radius 1 is 0.935 bits per heavy atom. The molecule has 4 amide bonds. The molecule has 8 N–H and O–H groups in total. The first kappa shape index (κ1) is 28.7. The molecule has 0 bridgehead atoms. The number of nitrogens with two attached hydrogens (primary N) is 2. The van der Waals surface area contributed by atoms with Crippen LogP contribution in [0.25, 0.3) is 0 Å². The van der Waals surface area contributed by atoms with Gasteiger partial charge in [-0.15, -0.1) is 0 Å². The van der Waals surface area contributed by atoms with Crippen molar-refractivity contribution in [1.82, 2.24) is 16.0 Å². The van der Waals surface area contributed by atoms with Crippen LogP contribution >= 0.6 is 11.8 Å². The molecule has 0 aliphatic heterocycles. The molecular weight excluding hydrogens is 426 g/mol. The lowest BCUT2D eigenvalue weighted by atomic mass is 9.99. The predicted molar refractivity (Wildman–Crippen MR) is 118 cm³/mol. The van der Waals surface area contributed by atoms with Crippen molar-refractivity contribution in [3.05, 3.63) is 0 Å². The minimum absolute atomic E-state index is 0.0673. The summed E-state index contributed by atoms with van der Waals surface area (Å²) in [7, 11) is 0. The van der Waals surface area contributed by atoms with E-state index in [0.717, 1.165) is 0 Å². The second-order valence-corrected chi connectivity index (χ2v) is 8.37. The van der Waals surface area contributed by atoms with Crippen molar-refractivity contribution in [1.29, 1.82) is 0 Å². The van der Waals surface area contributed by atoms with Gasteiger partial charge in [-0.2, -0.15) is 11.8 Å². The van der Waals surface area contributed by atoms with Gasteiger partial charge in [0.05, 0.1) is 6.04 Å². The van der Waals surface area contributed by atoms with Gasteiger partial charge in [-0.1, -0.05) is 20.3 Å². The zero-order valence-corrected chi connectivity index (χ0v) is 19.3. The van der Waals surface area contributed by atoms with Gasteiger partial charge in [0.2, 0.25) is 23.6 Å². The van der Waals surface area contributed by atoms with Crippen molar-refractivity contribution >= 4 is 41.4 Å². The van der Waals surface area contributed by atoms with Crippen LogP contribution in [-0.4, -0.2) is 70.9 Å². The van der Waals surface area contributed by atoms with Gasteiger partial charge in [-0.05, 0) is 37.7 Å². The van der Waals surface area contributed by atoms with E-state index >= 15 is 0 Å². The number of rotatable bonds is 15. The van der Waals surface area contributed by atoms with Gasteiger partial charge in [0, 0.05) is 6.42 Å². The van der Waals surface area contributed by atoms with Crippen molar-refractivity contribution < 1.29 is 29.1 Å². The molecule has 11 nitrogen and oxygen atoms in total. The van der Waals surface area contributed by atoms with Gasteiger partial charge in [-0.3, -0.25) is 19.2 Å². The molecule has 0 aliphatic rings. The maximum Gasteiger partial charge on any atom is 0.326 e. The topological polar surface area (TPSA) is 194 Å². The molecule has 5 unspecified atom stereocenters. The molecule has 0 aliphatic carbocycles. The van der Waals surface area contributed by atoms with Crippen molar-refractivity contribution in [3.63, 3.8) is 0 Å². The summed E-state index contributed by atoms with van der Waals surface area (Å²) < 4.78 is 0. The van der Waals surface area contributed by atoms with Gasteiger partial charge < -0.3 is 32.5 Å². The van der Waals surface area contributed by atoms with Crippen LogP contribution in [0.15, 0.2) is 0 Å². The smallest absolute Gasteiger partial charge is 0.326 e. The Labute approximate surface area is 186 Å². The van der Waals surface area contributed by atoms with E-state index in [4.69, 9.17) is 11.5 Å². The summed E-state index contributed by atoms with van der Waals surface area (Å²) in [5.41, 5.74) is 10.9. The van der Waals surface area contributed by atoms with Crippen molar-refractivity contribution in [2.75, 3.05) is 12.0 Å². The Kier molecular flexibility index (Phi) is 13.5. The SMILES string of the molecule is CCC(C)C(N)C(=O)NC(CCSC)C(=O)NC(C)C(=O)NC(CCC(N)=O)C(=O)O. The van der Waals surface area contributed by atoms with E-state index in [1.54, 1.807) is 0 Å². The van der Waals surface area contributed by atoms with Crippen LogP contribution in [-0.2, 0) is 24.0 Å². The number of thioether (sulfide) groups is 1. The largest absolute Gasteiger partial charge is 0.480 e. The van der Waals surface area contributed by atoms with E-state index in [1.807, 2.05) is 20.1 Å². The van der Waals surface area contributed by atoms with E-state index in [-0.39, 0.29) is 18.8 Å². The van der Waals surface area contributed by atoms with Crippen molar-refractivity contribution in [3.8, 4) is 0 Å². The Hall–Kier alpha value is -2.34. The number of nitrogens with one attached hydrogen (secondary N) is 3. The first-order chi connectivity index (χ1) is 14.4. The highest BCUT2D eigenvalue weighted by molar-refractivity contribution is 7.98. The van der Waals surface area contributed by atoms with Crippen LogP contribution in [0.5, 0.6) is 0 Å². The van der Waals surface area contributed by atoms with E-state index in [0.29, 0.717) is 18.6 Å². The van der Waals surface area contributed by atoms with E-state index in [9.17, 15) is 29.1 Å². The lowest BCUT2D eigenvalue weighted by Gasteiger charge is -2.24. The fourth-order valence-electron chi connectivity index (χ4n) is 2.51. The first-order valence-electron chi connectivity index (χ1n) is 10.1. The number of primary amides is 1. The first-order valence-corrected chi connectivity index (χ1v) is 11.5. The van der Waals surface area contributed by atoms with E-state index in [1.165, 1.54) is 18.7 Å². The van der Waals surface area contributed by atoms with Crippen LogP contribution in [0.4, 0.5) is 0 Å². The number of amides is 4. The Morgan fingerprint density at radius 3 is 2.00 bits per heavy atom. The van der Waals surface area contributed by atoms with Gasteiger partial charge in [0.25, 0.3) is 0 Å². The molecule has 31 heavy (non-hydrogen) atoms. The summed E-state index contributed by atoms with van der Waals surface area (Å²) in [6.45, 7) is 5.13. The molecule has 0 aromatic heterocycles. The molecule has 5 atom stereocenters. The number of hydrogen-bond donors (Lipinski definition) is 6. The minimum Gasteiger partial charge on any atom is -0.480 e. The third kappa shape index (κ3) is 11.0. The highest BCUT2D eigenvalue weighted by Gasteiger charge is 2.29. The third-order valence-electron chi connectivity index (χ3n) is 4.85. The fraction of sp³-hybridized carbons (Fsp3) is 0.737. The summed E-state index contributed by atoms with van der Waals surface area (Å²) in [5, 5.41) is 16.6. The fourth-order valence-corrected chi connectivity index (χ4v) is 2.98. The lowest BCUT2D eigenvalue weighted by Crippen LogP contribution is -2.57. The molecule has 0 radical (unpaired) electrons. The van der Waals surface area contributed by atoms with Gasteiger partial charge in [0.1, 0.15) is 18.1 Å². The standard InChI is InChI=1S/C19H35N5O6S/c1-5-10(2)15(21)18(28)23-12(8-9-31-4)17(27)22-11(3)16(26)24-13(19(29)30)6-7-14(20)25/h10-13,15H,5-9,21H2,1-4H3,(H2,20,25)(H,22,27)(H,23,28)(H,24,26)(H,29,30). The summed E-state index contributed by atoms with van der Waals surface area (Å²) >= 11 is 1.49. The number of carbonyl (C=O) groups is 5. The van der Waals surface area contributed by atoms with E-state index in [2.05, 4.69) is 16.0 Å². The average molecular weight is 462 g/mol. The maximum atomic E-state index is 12.7. The summed E-state index contributed by atoms with van der Waals surface area (Å²) in [5.74, 6) is -3.26. The molecule has 0 aromatic rings. The van der Waals surface area contributed by atoms with Crippen LogP contribution in [0.1, 0.15) is 46.5 Å². The highest BCUT2D eigenvalue weighted by Crippen LogP contribution is 2.08. The monoisotopic (exact) mass is 461 g/mol. The average Bonchev–Trinajstić information content (AvgIpc) is 2.71. The van der Waals surface area contributed by atoms with Crippen LogP contribution in [0.2, 0.25) is 0 Å². The number of aliphatic carboxylic acids is 1. The molecule has 0 aromatic carbocycles. The summed E-state index contributed by atoms with van der Waals surface area (Å²) in [6, 6.07) is -4.05. The van der Waals surface area contributed by atoms with Gasteiger partial charge in [-0.25, -0.2) is 4.79 Å². The molecule has 178 valence electrons. The molecule has 0 saturated carbocycles. The number of carbonyl (C=O) groups excluding carboxylic acids is 4. The third-order valence-corrected chi connectivity index (χ3v) is 5.49. The summed E-state index contributed by atoms with van der Waals surface area (Å²) in [6.07, 6.45) is 2.51. The zero-order chi connectivity index (χ0) is 24.1. The molecule has 0 saturated heterocycles. The minimum atomic E-state index is -1.32. The maximum absolute atomic E-state index is 12.7. The van der Waals surface area contributed by atoms with Crippen LogP contribution in [0.3, 0.4) is 0 Å². The van der Waals surface area contributed by atoms with Crippen LogP contribution in [0, 0.1) is 5.92 Å². The second-order valence-electron chi connectivity index (χ2n) is 7.39. The van der Waals surface area contributed by atoms with Crippen molar-refractivity contribution in [2.24, 2.45) is 17.4 Å². The molecular formula is C19H35N5O6S. The highest BCUT2D eigenvalue weighted by atomic mass is 32.2. The molecule has 0 fully saturated rings. The molecule has 0 rings (SSSR count). The normalized spacial score (nSPS) is 15.6. The number of hydrogen-bond acceptors (Lipinski definition) is 7. The lowest BCUT2D eigenvalue weighted by molar-refractivity contribution is -0.142. The predicted octanol–water partition coefficient (Wildman–Crippen LogP) is -1.06. The number of carboxylic acids is 1. The molecule has 0 spiro atoms. The quantitative estimate of drug-likeness (QED) is 0.177. The van der Waals surface area contributed by atoms with E-state index < -0.39 is 53.8 Å². The zero-order valence-electron chi connectivity index (χ0n) is 18.5. The Bertz CT molecular complexity index is 647. The number of carboxylic acid groups (broad SMARTS) is 1. The Morgan fingerprint density at radius 2 is 1.52 bits per heavy atom. The van der Waals surface area contributed by atoms with Gasteiger partial charge >= 0.3 is 5.97 Å². The second kappa shape index (κ2) is 14.6. The summed E-state index contributed by atoms with van der Waals surface area (Å²) in [4.78, 5) is 59.5. The van der Waals surface area contributed by atoms with Crippen molar-refractivity contribution in [2.45, 2.75) is 70.6 Å². The molecule has 0 heterocycles. The van der Waals surface area contributed by atoms with Gasteiger partial charge in [0.15, 0.2) is 0 Å². The van der Waals surface area contributed by atoms with Crippen LogP contribution < -0.4 is 27.4 Å².